The highest BCUT2D eigenvalue weighted by Crippen LogP contribution is 2.20. The third-order valence-electron chi connectivity index (χ3n) is 2.70. The van der Waals surface area contributed by atoms with Crippen LogP contribution < -0.4 is 15.4 Å². The predicted octanol–water partition coefficient (Wildman–Crippen LogP) is 1.58. The molecule has 1 amide bonds. The molecule has 22 heavy (non-hydrogen) atoms. The summed E-state index contributed by atoms with van der Waals surface area (Å²) in [4.78, 5) is 16.4. The second kappa shape index (κ2) is 10.3. The van der Waals surface area contributed by atoms with Crippen LogP contribution >= 0.6 is 11.3 Å². The Morgan fingerprint density at radius 1 is 1.55 bits per heavy atom. The van der Waals surface area contributed by atoms with Crippen molar-refractivity contribution in [2.45, 2.75) is 39.3 Å². The van der Waals surface area contributed by atoms with Gasteiger partial charge in [-0.3, -0.25) is 4.79 Å². The first-order valence-corrected chi connectivity index (χ1v) is 8.24. The Hall–Kier alpha value is -1.44. The maximum absolute atomic E-state index is 11.9. The van der Waals surface area contributed by atoms with Gasteiger partial charge in [-0.15, -0.1) is 0 Å². The monoisotopic (exact) mass is 327 g/mol. The van der Waals surface area contributed by atoms with Crippen molar-refractivity contribution in [3.05, 3.63) is 23.2 Å². The summed E-state index contributed by atoms with van der Waals surface area (Å²) in [6.07, 6.45) is 5.63. The lowest BCUT2D eigenvalue weighted by molar-refractivity contribution is 0.0958. The van der Waals surface area contributed by atoms with Gasteiger partial charge in [0.1, 0.15) is 17.6 Å². The smallest absolute Gasteiger partial charge is 0.273 e. The molecule has 0 aliphatic rings. The van der Waals surface area contributed by atoms with Gasteiger partial charge in [0, 0.05) is 19.1 Å². The van der Waals surface area contributed by atoms with E-state index in [1.54, 1.807) is 0 Å². The Bertz CT molecular complexity index is 474. The Morgan fingerprint density at radius 3 is 3.00 bits per heavy atom. The molecule has 0 saturated carbocycles. The molecule has 0 saturated heterocycles. The summed E-state index contributed by atoms with van der Waals surface area (Å²) in [5, 5.41) is 16.1. The third kappa shape index (κ3) is 7.53. The number of allylic oxidation sites excluding steroid dienone is 1. The zero-order chi connectivity index (χ0) is 16.4. The van der Waals surface area contributed by atoms with Crippen molar-refractivity contribution in [3.8, 4) is 5.19 Å². The number of rotatable bonds is 10. The quantitative estimate of drug-likeness (QED) is 0.449. The minimum absolute atomic E-state index is 0.148. The standard InChI is InChI=1S/C15H25N3O3S/c1-4-5-6-7-16-14(20)13-9-18-15(22-13)21-10-12(19)8-17-11(2)3/h4-5,9,11-12,17,19H,6-8,10H2,1-3H3,(H,16,20)/b5-4+. The van der Waals surface area contributed by atoms with E-state index in [9.17, 15) is 9.90 Å². The van der Waals surface area contributed by atoms with Gasteiger partial charge in [0.15, 0.2) is 0 Å². The number of aliphatic hydroxyl groups excluding tert-OH is 1. The van der Waals surface area contributed by atoms with E-state index in [2.05, 4.69) is 15.6 Å². The van der Waals surface area contributed by atoms with Gasteiger partial charge in [-0.05, 0) is 13.3 Å². The molecule has 0 fully saturated rings. The van der Waals surface area contributed by atoms with Gasteiger partial charge in [0.05, 0.1) is 6.20 Å². The summed E-state index contributed by atoms with van der Waals surface area (Å²) < 4.78 is 5.40. The predicted molar refractivity (Wildman–Crippen MR) is 88.5 cm³/mol. The minimum Gasteiger partial charge on any atom is -0.467 e. The number of thiazole rings is 1. The molecule has 1 aromatic rings. The highest BCUT2D eigenvalue weighted by atomic mass is 32.1. The minimum atomic E-state index is -0.607. The van der Waals surface area contributed by atoms with Crippen molar-refractivity contribution in [3.63, 3.8) is 0 Å². The van der Waals surface area contributed by atoms with Gasteiger partial charge in [-0.2, -0.15) is 0 Å². The van der Waals surface area contributed by atoms with Gasteiger partial charge in [0.25, 0.3) is 11.1 Å². The first-order chi connectivity index (χ1) is 10.5. The van der Waals surface area contributed by atoms with E-state index in [-0.39, 0.29) is 12.5 Å². The van der Waals surface area contributed by atoms with Gasteiger partial charge >= 0.3 is 0 Å². The summed E-state index contributed by atoms with van der Waals surface area (Å²) in [7, 11) is 0. The molecule has 1 atom stereocenters. The lowest BCUT2D eigenvalue weighted by Crippen LogP contribution is -2.35. The number of hydrogen-bond acceptors (Lipinski definition) is 6. The number of ether oxygens (including phenoxy) is 1. The summed E-state index contributed by atoms with van der Waals surface area (Å²) in [6.45, 7) is 7.17. The molecule has 0 aromatic carbocycles. The fourth-order valence-corrected chi connectivity index (χ4v) is 2.24. The highest BCUT2D eigenvalue weighted by Gasteiger charge is 2.12. The average molecular weight is 327 g/mol. The molecule has 3 N–H and O–H groups in total. The van der Waals surface area contributed by atoms with Crippen LogP contribution in [0.4, 0.5) is 0 Å². The Labute approximate surface area is 135 Å². The molecule has 1 rings (SSSR count). The molecule has 1 heterocycles. The third-order valence-corrected chi connectivity index (χ3v) is 3.61. The van der Waals surface area contributed by atoms with Gasteiger partial charge in [-0.1, -0.05) is 37.3 Å². The van der Waals surface area contributed by atoms with Crippen LogP contribution in [0.1, 0.15) is 36.9 Å². The number of aliphatic hydroxyl groups is 1. The first-order valence-electron chi connectivity index (χ1n) is 7.42. The van der Waals surface area contributed by atoms with E-state index in [4.69, 9.17) is 4.74 Å². The van der Waals surface area contributed by atoms with Crippen LogP contribution in [-0.2, 0) is 0 Å². The topological polar surface area (TPSA) is 83.5 Å². The lowest BCUT2D eigenvalue weighted by Gasteiger charge is -2.13. The number of carbonyl (C=O) groups excluding carboxylic acids is 1. The maximum atomic E-state index is 11.9. The molecule has 0 aliphatic heterocycles. The molecular formula is C15H25N3O3S. The van der Waals surface area contributed by atoms with Crippen LogP contribution in [0.2, 0.25) is 0 Å². The van der Waals surface area contributed by atoms with Crippen molar-refractivity contribution in [1.29, 1.82) is 0 Å². The molecule has 124 valence electrons. The molecule has 1 unspecified atom stereocenters. The summed E-state index contributed by atoms with van der Waals surface area (Å²) in [5.74, 6) is -0.154. The number of carbonyl (C=O) groups is 1. The lowest BCUT2D eigenvalue weighted by atomic mass is 10.3. The summed E-state index contributed by atoms with van der Waals surface area (Å²) >= 11 is 1.18. The number of aromatic nitrogens is 1. The summed E-state index contributed by atoms with van der Waals surface area (Å²) in [5.41, 5.74) is 0. The van der Waals surface area contributed by atoms with Crippen molar-refractivity contribution in [1.82, 2.24) is 15.6 Å². The van der Waals surface area contributed by atoms with Crippen molar-refractivity contribution in [2.24, 2.45) is 0 Å². The first kappa shape index (κ1) is 18.6. The van der Waals surface area contributed by atoms with E-state index >= 15 is 0 Å². The van der Waals surface area contributed by atoms with E-state index in [1.165, 1.54) is 17.5 Å². The van der Waals surface area contributed by atoms with E-state index in [0.717, 1.165) is 6.42 Å². The number of nitrogens with zero attached hydrogens (tertiary/aromatic N) is 1. The molecule has 0 aliphatic carbocycles. The number of hydrogen-bond donors (Lipinski definition) is 3. The number of amides is 1. The van der Waals surface area contributed by atoms with Crippen LogP contribution in [0.15, 0.2) is 18.3 Å². The largest absolute Gasteiger partial charge is 0.467 e. The van der Waals surface area contributed by atoms with Crippen LogP contribution in [-0.4, -0.2) is 47.8 Å². The molecule has 0 spiro atoms. The average Bonchev–Trinajstić information content (AvgIpc) is 2.96. The second-order valence-corrected chi connectivity index (χ2v) is 6.12. The zero-order valence-electron chi connectivity index (χ0n) is 13.3. The van der Waals surface area contributed by atoms with Crippen LogP contribution in [0.25, 0.3) is 0 Å². The van der Waals surface area contributed by atoms with Crippen LogP contribution in [0.5, 0.6) is 5.19 Å². The van der Waals surface area contributed by atoms with Gasteiger partial charge in [-0.25, -0.2) is 4.98 Å². The van der Waals surface area contributed by atoms with Gasteiger partial charge < -0.3 is 20.5 Å². The molecule has 0 radical (unpaired) electrons. The molecule has 0 bridgehead atoms. The van der Waals surface area contributed by atoms with E-state index in [1.807, 2.05) is 32.9 Å². The molecule has 1 aromatic heterocycles. The van der Waals surface area contributed by atoms with Crippen molar-refractivity contribution >= 4 is 17.2 Å². The van der Waals surface area contributed by atoms with Crippen LogP contribution in [0, 0.1) is 0 Å². The van der Waals surface area contributed by atoms with E-state index < -0.39 is 6.10 Å². The molecule has 6 nitrogen and oxygen atoms in total. The van der Waals surface area contributed by atoms with Gasteiger partial charge in [0.2, 0.25) is 0 Å². The Morgan fingerprint density at radius 2 is 2.32 bits per heavy atom. The zero-order valence-corrected chi connectivity index (χ0v) is 14.2. The van der Waals surface area contributed by atoms with Crippen molar-refractivity contribution in [2.75, 3.05) is 19.7 Å². The fraction of sp³-hybridized carbons (Fsp3) is 0.600. The SMILES string of the molecule is C/C=C/CCNC(=O)c1cnc(OCC(O)CNC(C)C)s1. The molecule has 7 heteroatoms. The number of nitrogens with one attached hydrogen (secondary N) is 2. The van der Waals surface area contributed by atoms with E-state index in [0.29, 0.717) is 29.2 Å². The molecular weight excluding hydrogens is 302 g/mol. The summed E-state index contributed by atoms with van der Waals surface area (Å²) in [6, 6.07) is 0.312. The fourth-order valence-electron chi connectivity index (χ4n) is 1.55. The normalized spacial score (nSPS) is 12.8. The Balaban J connectivity index is 2.32. The Kier molecular flexibility index (Phi) is 8.72. The van der Waals surface area contributed by atoms with Crippen LogP contribution in [0.3, 0.4) is 0 Å². The van der Waals surface area contributed by atoms with Crippen molar-refractivity contribution < 1.29 is 14.6 Å². The maximum Gasteiger partial charge on any atom is 0.273 e. The second-order valence-electron chi connectivity index (χ2n) is 5.13. The highest BCUT2D eigenvalue weighted by molar-refractivity contribution is 7.15.